The van der Waals surface area contributed by atoms with Gasteiger partial charge in [0, 0.05) is 12.7 Å². The van der Waals surface area contributed by atoms with Crippen molar-refractivity contribution in [2.45, 2.75) is 26.3 Å². The first-order valence-corrected chi connectivity index (χ1v) is 5.53. The van der Waals surface area contributed by atoms with Gasteiger partial charge in [-0.1, -0.05) is 18.2 Å². The van der Waals surface area contributed by atoms with E-state index in [0.29, 0.717) is 0 Å². The van der Waals surface area contributed by atoms with E-state index >= 15 is 0 Å². The second-order valence-corrected chi connectivity index (χ2v) is 4.82. The van der Waals surface area contributed by atoms with Crippen LogP contribution in [-0.2, 0) is 0 Å². The van der Waals surface area contributed by atoms with Crippen LogP contribution < -0.4 is 5.32 Å². The standard InChI is InChI=1S/C13H19N3O/c1-13(2,3)14-10-16(4)12(17)15-11-8-6-5-7-9-11/h5-10H,1-4H3,(H,15,17). The maximum atomic E-state index is 11.8. The highest BCUT2D eigenvalue weighted by Crippen LogP contribution is 2.07. The smallest absolute Gasteiger partial charge is 0.308 e. The Morgan fingerprint density at radius 3 is 2.41 bits per heavy atom. The molecule has 0 fully saturated rings. The Bertz CT molecular complexity index is 393. The Morgan fingerprint density at radius 2 is 1.88 bits per heavy atom. The van der Waals surface area contributed by atoms with Crippen LogP contribution >= 0.6 is 0 Å². The topological polar surface area (TPSA) is 44.7 Å². The summed E-state index contributed by atoms with van der Waals surface area (Å²) in [7, 11) is 1.67. The number of rotatable bonds is 2. The van der Waals surface area contributed by atoms with Crippen molar-refractivity contribution in [1.29, 1.82) is 0 Å². The molecule has 17 heavy (non-hydrogen) atoms. The Morgan fingerprint density at radius 1 is 1.29 bits per heavy atom. The number of para-hydroxylation sites is 1. The largest absolute Gasteiger partial charge is 0.326 e. The quantitative estimate of drug-likeness (QED) is 0.619. The molecule has 0 heterocycles. The van der Waals surface area contributed by atoms with E-state index in [9.17, 15) is 4.79 Å². The van der Waals surface area contributed by atoms with Crippen LogP contribution in [0.2, 0.25) is 0 Å². The van der Waals surface area contributed by atoms with Crippen molar-refractivity contribution in [2.24, 2.45) is 4.99 Å². The normalized spacial score (nSPS) is 11.5. The fourth-order valence-corrected chi connectivity index (χ4v) is 1.05. The van der Waals surface area contributed by atoms with E-state index in [0.717, 1.165) is 5.69 Å². The monoisotopic (exact) mass is 233 g/mol. The molecule has 0 aliphatic carbocycles. The minimum absolute atomic E-state index is 0.179. The van der Waals surface area contributed by atoms with Gasteiger partial charge in [0.2, 0.25) is 0 Å². The molecule has 0 bridgehead atoms. The predicted octanol–water partition coefficient (Wildman–Crippen LogP) is 2.98. The van der Waals surface area contributed by atoms with Gasteiger partial charge in [-0.2, -0.15) is 0 Å². The number of amides is 2. The first-order chi connectivity index (χ1) is 7.88. The molecule has 1 aromatic carbocycles. The SMILES string of the molecule is CN(C=NC(C)(C)C)C(=O)Nc1ccccc1. The van der Waals surface area contributed by atoms with Crippen LogP contribution in [0.4, 0.5) is 10.5 Å². The Labute approximate surface area is 102 Å². The molecule has 0 aliphatic rings. The second-order valence-electron chi connectivity index (χ2n) is 4.82. The number of hydrogen-bond donors (Lipinski definition) is 1. The van der Waals surface area contributed by atoms with Gasteiger partial charge in [0.05, 0.1) is 11.9 Å². The molecule has 4 nitrogen and oxygen atoms in total. The zero-order valence-corrected chi connectivity index (χ0v) is 10.8. The Hall–Kier alpha value is -1.84. The van der Waals surface area contributed by atoms with E-state index in [4.69, 9.17) is 0 Å². The molecule has 0 unspecified atom stereocenters. The highest BCUT2D eigenvalue weighted by molar-refractivity contribution is 5.96. The van der Waals surface area contributed by atoms with Crippen molar-refractivity contribution in [3.63, 3.8) is 0 Å². The molecular formula is C13H19N3O. The minimum atomic E-state index is -0.204. The van der Waals surface area contributed by atoms with Gasteiger partial charge >= 0.3 is 6.03 Å². The molecule has 1 N–H and O–H groups in total. The van der Waals surface area contributed by atoms with Gasteiger partial charge in [0.15, 0.2) is 0 Å². The third kappa shape index (κ3) is 5.15. The van der Waals surface area contributed by atoms with Gasteiger partial charge in [0.1, 0.15) is 0 Å². The van der Waals surface area contributed by atoms with Crippen LogP contribution in [0.1, 0.15) is 20.8 Å². The van der Waals surface area contributed by atoms with Crippen molar-refractivity contribution in [3.8, 4) is 0 Å². The summed E-state index contributed by atoms with van der Waals surface area (Å²) in [6, 6.07) is 9.13. The van der Waals surface area contributed by atoms with Gasteiger partial charge in [-0.25, -0.2) is 4.79 Å². The molecular weight excluding hydrogens is 214 g/mol. The van der Waals surface area contributed by atoms with Crippen LogP contribution in [-0.4, -0.2) is 29.9 Å². The fraction of sp³-hybridized carbons (Fsp3) is 0.385. The summed E-state index contributed by atoms with van der Waals surface area (Å²) in [5, 5.41) is 2.77. The summed E-state index contributed by atoms with van der Waals surface area (Å²) < 4.78 is 0. The highest BCUT2D eigenvalue weighted by Gasteiger charge is 2.09. The predicted molar refractivity (Wildman–Crippen MR) is 71.5 cm³/mol. The first-order valence-electron chi connectivity index (χ1n) is 5.53. The Balaban J connectivity index is 2.57. The summed E-state index contributed by atoms with van der Waals surface area (Å²) >= 11 is 0. The van der Waals surface area contributed by atoms with Crippen molar-refractivity contribution in [1.82, 2.24) is 4.90 Å². The Kier molecular flexibility index (Phi) is 4.26. The van der Waals surface area contributed by atoms with Gasteiger partial charge < -0.3 is 5.32 Å². The number of carbonyl (C=O) groups excluding carboxylic acids is 1. The number of anilines is 1. The van der Waals surface area contributed by atoms with Crippen LogP contribution in [0.15, 0.2) is 35.3 Å². The maximum absolute atomic E-state index is 11.8. The zero-order valence-electron chi connectivity index (χ0n) is 10.8. The average Bonchev–Trinajstić information content (AvgIpc) is 2.26. The van der Waals surface area contributed by atoms with E-state index in [1.165, 1.54) is 11.2 Å². The van der Waals surface area contributed by atoms with E-state index < -0.39 is 0 Å². The molecule has 0 saturated carbocycles. The summed E-state index contributed by atoms with van der Waals surface area (Å²) in [6.45, 7) is 5.94. The zero-order chi connectivity index (χ0) is 12.9. The molecule has 0 saturated heterocycles. The number of aliphatic imine (C=N–C) groups is 1. The van der Waals surface area contributed by atoms with E-state index in [1.54, 1.807) is 7.05 Å². The number of benzene rings is 1. The fourth-order valence-electron chi connectivity index (χ4n) is 1.05. The van der Waals surface area contributed by atoms with Gasteiger partial charge in [-0.15, -0.1) is 0 Å². The molecule has 1 rings (SSSR count). The number of urea groups is 1. The van der Waals surface area contributed by atoms with Gasteiger partial charge in [0.25, 0.3) is 0 Å². The van der Waals surface area contributed by atoms with E-state index in [-0.39, 0.29) is 11.6 Å². The molecule has 1 aromatic rings. The molecule has 0 radical (unpaired) electrons. The van der Waals surface area contributed by atoms with Crippen molar-refractivity contribution in [2.75, 3.05) is 12.4 Å². The minimum Gasteiger partial charge on any atom is -0.308 e. The third-order valence-electron chi connectivity index (χ3n) is 1.96. The highest BCUT2D eigenvalue weighted by atomic mass is 16.2. The number of hydrogen-bond acceptors (Lipinski definition) is 2. The molecule has 92 valence electrons. The second kappa shape index (κ2) is 5.48. The lowest BCUT2D eigenvalue weighted by atomic mass is 10.1. The van der Waals surface area contributed by atoms with Crippen LogP contribution in [0.5, 0.6) is 0 Å². The third-order valence-corrected chi connectivity index (χ3v) is 1.96. The summed E-state index contributed by atoms with van der Waals surface area (Å²) in [4.78, 5) is 17.4. The lowest BCUT2D eigenvalue weighted by molar-refractivity contribution is 0.240. The van der Waals surface area contributed by atoms with Crippen LogP contribution in [0, 0.1) is 0 Å². The van der Waals surface area contributed by atoms with Crippen molar-refractivity contribution in [3.05, 3.63) is 30.3 Å². The number of nitrogens with zero attached hydrogens (tertiary/aromatic N) is 2. The molecule has 2 amide bonds. The van der Waals surface area contributed by atoms with E-state index in [1.807, 2.05) is 51.1 Å². The first kappa shape index (κ1) is 13.2. The lowest BCUT2D eigenvalue weighted by Gasteiger charge is -2.16. The molecule has 0 spiro atoms. The summed E-state index contributed by atoms with van der Waals surface area (Å²) in [5.41, 5.74) is 0.592. The summed E-state index contributed by atoms with van der Waals surface area (Å²) in [5.74, 6) is 0. The molecule has 0 atom stereocenters. The van der Waals surface area contributed by atoms with Crippen LogP contribution in [0.3, 0.4) is 0 Å². The maximum Gasteiger partial charge on any atom is 0.326 e. The lowest BCUT2D eigenvalue weighted by Crippen LogP contribution is -2.31. The van der Waals surface area contributed by atoms with Gasteiger partial charge in [-0.05, 0) is 32.9 Å². The number of carbonyl (C=O) groups is 1. The summed E-state index contributed by atoms with van der Waals surface area (Å²) in [6.07, 6.45) is 1.54. The number of nitrogens with one attached hydrogen (secondary N) is 1. The van der Waals surface area contributed by atoms with Crippen LogP contribution in [0.25, 0.3) is 0 Å². The van der Waals surface area contributed by atoms with Crippen molar-refractivity contribution >= 4 is 18.1 Å². The van der Waals surface area contributed by atoms with Crippen molar-refractivity contribution < 1.29 is 4.79 Å². The van der Waals surface area contributed by atoms with Gasteiger partial charge in [-0.3, -0.25) is 9.89 Å². The molecule has 0 aromatic heterocycles. The molecule has 4 heteroatoms. The molecule has 0 aliphatic heterocycles. The van der Waals surface area contributed by atoms with E-state index in [2.05, 4.69) is 10.3 Å². The average molecular weight is 233 g/mol.